The second-order valence-corrected chi connectivity index (χ2v) is 1.33. The summed E-state index contributed by atoms with van der Waals surface area (Å²) in [5.41, 5.74) is 0.750. The molecule has 2 nitrogen and oxygen atoms in total. The van der Waals surface area contributed by atoms with E-state index in [0.717, 1.165) is 10.4 Å². The molecule has 0 rings (SSSR count). The lowest BCUT2D eigenvalue weighted by Crippen LogP contribution is -1.97. The lowest BCUT2D eigenvalue weighted by atomic mass is 10.5. The summed E-state index contributed by atoms with van der Waals surface area (Å²) in [6.07, 6.45) is 1.77. The lowest BCUT2D eigenvalue weighted by molar-refractivity contribution is -0.732. The lowest BCUT2D eigenvalue weighted by Gasteiger charge is -1.82. The maximum atomic E-state index is 8.47. The SMILES string of the molecule is C=[N+](O)C(C)=CC. The highest BCUT2D eigenvalue weighted by molar-refractivity contribution is 5.15. The summed E-state index contributed by atoms with van der Waals surface area (Å²) in [4.78, 5) is 0. The van der Waals surface area contributed by atoms with Crippen LogP contribution in [-0.4, -0.2) is 16.7 Å². The van der Waals surface area contributed by atoms with E-state index in [-0.39, 0.29) is 0 Å². The van der Waals surface area contributed by atoms with Gasteiger partial charge in [-0.15, -0.1) is 0 Å². The monoisotopic (exact) mass is 100 g/mol. The van der Waals surface area contributed by atoms with E-state index in [1.807, 2.05) is 6.92 Å². The van der Waals surface area contributed by atoms with Crippen molar-refractivity contribution in [3.05, 3.63) is 11.8 Å². The molecule has 0 aliphatic rings. The molecule has 0 fully saturated rings. The Morgan fingerprint density at radius 1 is 1.86 bits per heavy atom. The predicted octanol–water partition coefficient (Wildman–Crippen LogP) is 1.01. The average Bonchev–Trinajstić information content (AvgIpc) is 1.65. The molecule has 0 radical (unpaired) electrons. The van der Waals surface area contributed by atoms with Crippen LogP contribution in [0.25, 0.3) is 0 Å². The standard InChI is InChI=1S/C5H10NO/c1-4-5(2)6(3)7/h4,7H,3H2,1-2H3/q+1. The zero-order valence-electron chi connectivity index (χ0n) is 4.68. The second kappa shape index (κ2) is 2.39. The van der Waals surface area contributed by atoms with Crippen LogP contribution in [-0.2, 0) is 0 Å². The van der Waals surface area contributed by atoms with Gasteiger partial charge in [-0.3, -0.25) is 5.21 Å². The molecule has 0 saturated carbocycles. The highest BCUT2D eigenvalue weighted by atomic mass is 16.5. The number of hydrogen-bond donors (Lipinski definition) is 1. The average molecular weight is 100 g/mol. The van der Waals surface area contributed by atoms with Crippen LogP contribution in [0.2, 0.25) is 0 Å². The molecule has 0 heterocycles. The van der Waals surface area contributed by atoms with Gasteiger partial charge in [0.15, 0.2) is 6.72 Å². The van der Waals surface area contributed by atoms with Crippen molar-refractivity contribution in [3.8, 4) is 0 Å². The molecule has 0 amide bonds. The molecule has 0 unspecified atom stereocenters. The molecular weight excluding hydrogens is 90.1 g/mol. The minimum Gasteiger partial charge on any atom is -0.286 e. The third kappa shape index (κ3) is 1.98. The maximum Gasteiger partial charge on any atom is 0.226 e. The maximum absolute atomic E-state index is 8.47. The first-order chi connectivity index (χ1) is 3.18. The first-order valence-electron chi connectivity index (χ1n) is 2.11. The number of rotatable bonds is 1. The van der Waals surface area contributed by atoms with Gasteiger partial charge in [-0.1, -0.05) is 0 Å². The van der Waals surface area contributed by atoms with Crippen molar-refractivity contribution in [2.24, 2.45) is 0 Å². The third-order valence-corrected chi connectivity index (χ3v) is 0.825. The number of allylic oxidation sites excluding steroid dienone is 2. The van der Waals surface area contributed by atoms with Crippen molar-refractivity contribution in [3.63, 3.8) is 0 Å². The molecule has 0 aromatic carbocycles. The van der Waals surface area contributed by atoms with Gasteiger partial charge in [0.25, 0.3) is 0 Å². The highest BCUT2D eigenvalue weighted by Crippen LogP contribution is 1.86. The largest absolute Gasteiger partial charge is 0.286 e. The summed E-state index contributed by atoms with van der Waals surface area (Å²) >= 11 is 0. The van der Waals surface area contributed by atoms with Crippen LogP contribution in [0.4, 0.5) is 0 Å². The summed E-state index contributed by atoms with van der Waals surface area (Å²) in [7, 11) is 0. The van der Waals surface area contributed by atoms with Crippen LogP contribution in [0.15, 0.2) is 11.8 Å². The normalized spacial score (nSPS) is 11.4. The fourth-order valence-corrected chi connectivity index (χ4v) is 0.149. The van der Waals surface area contributed by atoms with Crippen molar-refractivity contribution in [2.45, 2.75) is 13.8 Å². The quantitative estimate of drug-likeness (QED) is 0.226. The van der Waals surface area contributed by atoms with Crippen molar-refractivity contribution in [2.75, 3.05) is 0 Å². The fraction of sp³-hybridized carbons (Fsp3) is 0.400. The number of hydroxylamine groups is 1. The Kier molecular flexibility index (Phi) is 2.12. The van der Waals surface area contributed by atoms with Gasteiger partial charge in [0.05, 0.1) is 0 Å². The highest BCUT2D eigenvalue weighted by Gasteiger charge is 1.93. The van der Waals surface area contributed by atoms with Gasteiger partial charge in [0.2, 0.25) is 5.70 Å². The molecule has 0 saturated heterocycles. The molecule has 0 spiro atoms. The van der Waals surface area contributed by atoms with E-state index in [1.165, 1.54) is 0 Å². The molecule has 2 heteroatoms. The molecule has 7 heavy (non-hydrogen) atoms. The van der Waals surface area contributed by atoms with E-state index in [4.69, 9.17) is 5.21 Å². The Morgan fingerprint density at radius 2 is 2.29 bits per heavy atom. The summed E-state index contributed by atoms with van der Waals surface area (Å²) in [5, 5.41) is 8.47. The van der Waals surface area contributed by atoms with Crippen LogP contribution >= 0.6 is 0 Å². The fourth-order valence-electron chi connectivity index (χ4n) is 0.149. The summed E-state index contributed by atoms with van der Waals surface area (Å²) in [5.74, 6) is 0. The Balaban J connectivity index is 3.82. The van der Waals surface area contributed by atoms with E-state index in [2.05, 4.69) is 6.72 Å². The van der Waals surface area contributed by atoms with E-state index >= 15 is 0 Å². The summed E-state index contributed by atoms with van der Waals surface area (Å²) in [6, 6.07) is 0. The van der Waals surface area contributed by atoms with Gasteiger partial charge in [-0.25, -0.2) is 0 Å². The zero-order valence-corrected chi connectivity index (χ0v) is 4.68. The van der Waals surface area contributed by atoms with Crippen molar-refractivity contribution in [1.29, 1.82) is 0 Å². The number of hydrogen-bond acceptors (Lipinski definition) is 1. The predicted molar refractivity (Wildman–Crippen MR) is 28.6 cm³/mol. The van der Waals surface area contributed by atoms with Crippen LogP contribution in [0, 0.1) is 0 Å². The Morgan fingerprint density at radius 3 is 2.29 bits per heavy atom. The molecular formula is C5H10NO+. The first-order valence-corrected chi connectivity index (χ1v) is 2.11. The molecule has 0 aromatic heterocycles. The topological polar surface area (TPSA) is 23.2 Å². The van der Waals surface area contributed by atoms with Crippen LogP contribution < -0.4 is 0 Å². The van der Waals surface area contributed by atoms with Crippen LogP contribution in [0.1, 0.15) is 13.8 Å². The molecule has 0 bridgehead atoms. The summed E-state index contributed by atoms with van der Waals surface area (Å²) in [6.45, 7) is 6.84. The molecule has 40 valence electrons. The minimum atomic E-state index is 0.750. The van der Waals surface area contributed by atoms with Gasteiger partial charge in [0, 0.05) is 6.92 Å². The van der Waals surface area contributed by atoms with Crippen molar-refractivity contribution < 1.29 is 9.95 Å². The molecule has 0 aromatic rings. The second-order valence-electron chi connectivity index (χ2n) is 1.33. The van der Waals surface area contributed by atoms with Crippen LogP contribution in [0.3, 0.4) is 0 Å². The smallest absolute Gasteiger partial charge is 0.226 e. The van der Waals surface area contributed by atoms with Gasteiger partial charge in [-0.2, -0.15) is 0 Å². The van der Waals surface area contributed by atoms with Gasteiger partial charge >= 0.3 is 0 Å². The van der Waals surface area contributed by atoms with E-state index in [1.54, 1.807) is 13.0 Å². The molecule has 0 atom stereocenters. The van der Waals surface area contributed by atoms with Crippen molar-refractivity contribution in [1.82, 2.24) is 0 Å². The first kappa shape index (κ1) is 6.21. The Labute approximate surface area is 43.4 Å². The Hall–Kier alpha value is -0.790. The van der Waals surface area contributed by atoms with Crippen molar-refractivity contribution >= 4 is 6.72 Å². The molecule has 0 aliphatic heterocycles. The third-order valence-electron chi connectivity index (χ3n) is 0.825. The van der Waals surface area contributed by atoms with E-state index in [0.29, 0.717) is 0 Å². The molecule has 1 N–H and O–H groups in total. The van der Waals surface area contributed by atoms with E-state index in [9.17, 15) is 0 Å². The number of nitrogens with zero attached hydrogens (tertiary/aromatic N) is 1. The van der Waals surface area contributed by atoms with Crippen LogP contribution in [0.5, 0.6) is 0 Å². The van der Waals surface area contributed by atoms with E-state index < -0.39 is 0 Å². The van der Waals surface area contributed by atoms with Gasteiger partial charge in [-0.05, 0) is 17.7 Å². The van der Waals surface area contributed by atoms with Gasteiger partial charge < -0.3 is 0 Å². The minimum absolute atomic E-state index is 0.750. The summed E-state index contributed by atoms with van der Waals surface area (Å²) < 4.78 is 0.833. The van der Waals surface area contributed by atoms with Gasteiger partial charge in [0.1, 0.15) is 0 Å². The molecule has 0 aliphatic carbocycles. The Bertz CT molecular complexity index is 105. The zero-order chi connectivity index (χ0) is 5.86.